The minimum Gasteiger partial charge on any atom is -0.508 e. The molecule has 5 rings (SSSR count). The number of ketones is 1. The summed E-state index contributed by atoms with van der Waals surface area (Å²) in [6.45, 7) is 1.90. The van der Waals surface area contributed by atoms with Crippen LogP contribution in [0.4, 0.5) is 5.69 Å². The zero-order valence-corrected chi connectivity index (χ0v) is 30.5. The normalized spacial score (nSPS) is 17.5. The predicted molar refractivity (Wildman–Crippen MR) is 204 cm³/mol. The molecular weight excluding hydrogens is 673 g/mol. The minimum atomic E-state index is -0.526. The van der Waals surface area contributed by atoms with E-state index in [1.54, 1.807) is 53.8 Å². The zero-order valence-electron chi connectivity index (χ0n) is 28.9. The molecule has 3 atom stereocenters. The Hall–Kier alpha value is -3.45. The maximum absolute atomic E-state index is 13.7. The number of aryl methyl sites for hydroxylation is 1. The fraction of sp³-hybridized carbons (Fsp3) is 0.410. The lowest BCUT2D eigenvalue weighted by Crippen LogP contribution is -2.28. The second-order valence-electron chi connectivity index (χ2n) is 12.7. The van der Waals surface area contributed by atoms with Crippen LogP contribution in [-0.4, -0.2) is 64.9 Å². The molecule has 0 bridgehead atoms. The number of hydrogen-bond donors (Lipinski definition) is 6. The number of anilines is 1. The highest BCUT2D eigenvalue weighted by molar-refractivity contribution is 8.76. The van der Waals surface area contributed by atoms with Gasteiger partial charge in [0.25, 0.3) is 0 Å². The van der Waals surface area contributed by atoms with E-state index in [1.807, 2.05) is 49.5 Å². The van der Waals surface area contributed by atoms with Crippen LogP contribution in [0.2, 0.25) is 0 Å². The van der Waals surface area contributed by atoms with E-state index in [4.69, 9.17) is 9.47 Å². The second-order valence-corrected chi connectivity index (χ2v) is 15.3. The van der Waals surface area contributed by atoms with Crippen molar-refractivity contribution in [3.05, 3.63) is 82.9 Å². The molecule has 1 heterocycles. The number of hydrogen-bond acceptors (Lipinski definition) is 11. The van der Waals surface area contributed by atoms with Gasteiger partial charge in [0.2, 0.25) is 0 Å². The SMILES string of the molecule is CN[C@H](O[C@@H]1CCCCSSCc2c(ccc3ccc(O)cc23)-c2c(ccc(O)c2OC)CCC(=O)C1)c1ccc(NC[C@H](C)O)c(CO)c1. The van der Waals surface area contributed by atoms with Gasteiger partial charge in [-0.05, 0) is 96.6 Å². The standard InChI is InChI=1S/C39H48N2O7S2/c1-24(43)21-41-35-15-10-27(18-28(35)22-42)39(40-2)48-31-6-4-5-17-49-50-23-34-32(14-9-25-7-12-30(45)20-33(25)34)37-26(8-13-29(44)19-31)11-16-36(46)38(37)47-3/h7,9-12,14-16,18,20,24,31,39-43,45-46H,4-6,8,13,17,19,21-23H2,1-3H3/t24-,31+,39+/m0/s1. The molecule has 0 aliphatic carbocycles. The van der Waals surface area contributed by atoms with Crippen molar-refractivity contribution in [3.63, 3.8) is 0 Å². The first kappa shape index (κ1) is 37.8. The molecule has 268 valence electrons. The number of rotatable bonds is 9. The summed E-state index contributed by atoms with van der Waals surface area (Å²) in [4.78, 5) is 13.7. The van der Waals surface area contributed by atoms with Crippen molar-refractivity contribution in [1.82, 2.24) is 5.32 Å². The highest BCUT2D eigenvalue weighted by Crippen LogP contribution is 2.45. The molecule has 1 aliphatic heterocycles. The molecular formula is C39H48N2O7S2. The van der Waals surface area contributed by atoms with Gasteiger partial charge < -0.3 is 35.2 Å². The third-order valence-corrected chi connectivity index (χ3v) is 11.4. The molecule has 0 saturated carbocycles. The first-order valence-electron chi connectivity index (χ1n) is 17.1. The number of carbonyl (C=O) groups excluding carboxylic acids is 1. The van der Waals surface area contributed by atoms with Crippen molar-refractivity contribution in [1.29, 1.82) is 0 Å². The molecule has 9 nitrogen and oxygen atoms in total. The lowest BCUT2D eigenvalue weighted by Gasteiger charge is -2.26. The Balaban J connectivity index is 1.42. The van der Waals surface area contributed by atoms with Gasteiger partial charge >= 0.3 is 0 Å². The Morgan fingerprint density at radius 2 is 1.82 bits per heavy atom. The molecule has 0 fully saturated rings. The summed E-state index contributed by atoms with van der Waals surface area (Å²) < 4.78 is 12.4. The van der Waals surface area contributed by atoms with Crippen LogP contribution in [0.5, 0.6) is 17.2 Å². The lowest BCUT2D eigenvalue weighted by atomic mass is 9.89. The van der Waals surface area contributed by atoms with Gasteiger partial charge in [0.1, 0.15) is 17.8 Å². The molecule has 4 aromatic rings. The quantitative estimate of drug-likeness (QED) is 0.0758. The number of fused-ring (bicyclic) bond motifs is 5. The summed E-state index contributed by atoms with van der Waals surface area (Å²) in [7, 11) is 6.92. The van der Waals surface area contributed by atoms with Gasteiger partial charge in [-0.25, -0.2) is 0 Å². The Kier molecular flexibility index (Phi) is 13.7. The summed E-state index contributed by atoms with van der Waals surface area (Å²) >= 11 is 0. The van der Waals surface area contributed by atoms with Gasteiger partial charge in [0.05, 0.1) is 25.9 Å². The first-order valence-corrected chi connectivity index (χ1v) is 19.6. The maximum atomic E-state index is 13.7. The smallest absolute Gasteiger partial charge is 0.168 e. The number of benzene rings is 4. The molecule has 11 heteroatoms. The van der Waals surface area contributed by atoms with E-state index in [-0.39, 0.29) is 42.8 Å². The van der Waals surface area contributed by atoms with Gasteiger partial charge in [0.15, 0.2) is 11.5 Å². The number of phenolic OH excluding ortho intramolecular Hbond substituents is 2. The number of aliphatic hydroxyl groups is 2. The maximum Gasteiger partial charge on any atom is 0.168 e. The van der Waals surface area contributed by atoms with Crippen LogP contribution < -0.4 is 15.4 Å². The first-order chi connectivity index (χ1) is 24.2. The monoisotopic (exact) mass is 720 g/mol. The molecule has 0 radical (unpaired) electrons. The molecule has 0 aromatic heterocycles. The number of methoxy groups -OCH3 is 1. The lowest BCUT2D eigenvalue weighted by molar-refractivity contribution is -0.124. The van der Waals surface area contributed by atoms with E-state index in [0.717, 1.165) is 69.3 Å². The van der Waals surface area contributed by atoms with Gasteiger partial charge in [-0.1, -0.05) is 58.3 Å². The number of carbonyl (C=O) groups is 1. The number of ether oxygens (including phenoxy) is 2. The van der Waals surface area contributed by atoms with E-state index in [1.165, 1.54) is 0 Å². The summed E-state index contributed by atoms with van der Waals surface area (Å²) in [6, 6.07) is 18.6. The third-order valence-electron chi connectivity index (χ3n) is 9.01. The number of aliphatic hydroxyl groups excluding tert-OH is 2. The van der Waals surface area contributed by atoms with Crippen molar-refractivity contribution >= 4 is 43.8 Å². The highest BCUT2D eigenvalue weighted by atomic mass is 33.1. The van der Waals surface area contributed by atoms with Crippen LogP contribution in [0.3, 0.4) is 0 Å². The predicted octanol–water partition coefficient (Wildman–Crippen LogP) is 7.47. The van der Waals surface area contributed by atoms with Crippen LogP contribution in [-0.2, 0) is 28.3 Å². The van der Waals surface area contributed by atoms with Crippen molar-refractivity contribution < 1.29 is 34.7 Å². The van der Waals surface area contributed by atoms with Crippen LogP contribution in [0.1, 0.15) is 67.5 Å². The molecule has 0 spiro atoms. The van der Waals surface area contributed by atoms with E-state index in [9.17, 15) is 25.2 Å². The van der Waals surface area contributed by atoms with E-state index in [0.29, 0.717) is 30.0 Å². The summed E-state index contributed by atoms with van der Waals surface area (Å²) in [5.41, 5.74) is 5.89. The number of aromatic hydroxyl groups is 2. The fourth-order valence-corrected chi connectivity index (χ4v) is 8.73. The minimum absolute atomic E-state index is 0.0265. The molecule has 0 amide bonds. The molecule has 0 unspecified atom stereocenters. The average Bonchev–Trinajstić information content (AvgIpc) is 3.11. The largest absolute Gasteiger partial charge is 0.508 e. The molecule has 0 saturated heterocycles. The van der Waals surface area contributed by atoms with Crippen LogP contribution >= 0.6 is 21.6 Å². The Morgan fingerprint density at radius 3 is 2.58 bits per heavy atom. The summed E-state index contributed by atoms with van der Waals surface area (Å²) in [5.74, 6) is 2.26. The van der Waals surface area contributed by atoms with Crippen LogP contribution in [0, 0.1) is 0 Å². The number of Topliss-reactive ketones (excluding diaryl/α,β-unsaturated/α-hetero) is 1. The Labute approximate surface area is 302 Å². The van der Waals surface area contributed by atoms with Gasteiger partial charge in [-0.15, -0.1) is 0 Å². The molecule has 1 aliphatic rings. The van der Waals surface area contributed by atoms with Crippen LogP contribution in [0.15, 0.2) is 60.7 Å². The summed E-state index contributed by atoms with van der Waals surface area (Å²) in [5, 5.41) is 49.4. The van der Waals surface area contributed by atoms with Crippen molar-refractivity contribution in [2.45, 2.75) is 76.2 Å². The average molecular weight is 721 g/mol. The van der Waals surface area contributed by atoms with E-state index >= 15 is 0 Å². The van der Waals surface area contributed by atoms with Crippen molar-refractivity contribution in [2.24, 2.45) is 0 Å². The topological polar surface area (TPSA) is 141 Å². The molecule has 4 aromatic carbocycles. The van der Waals surface area contributed by atoms with Gasteiger partial charge in [0, 0.05) is 47.7 Å². The number of nitrogens with one attached hydrogen (secondary N) is 2. The molecule has 50 heavy (non-hydrogen) atoms. The van der Waals surface area contributed by atoms with Crippen molar-refractivity contribution in [3.8, 4) is 28.4 Å². The highest BCUT2D eigenvalue weighted by Gasteiger charge is 2.24. The van der Waals surface area contributed by atoms with E-state index < -0.39 is 12.3 Å². The second kappa shape index (κ2) is 18.2. The van der Waals surface area contributed by atoms with Crippen molar-refractivity contribution in [2.75, 3.05) is 31.8 Å². The fourth-order valence-electron chi connectivity index (χ4n) is 6.47. The van der Waals surface area contributed by atoms with Crippen LogP contribution in [0.25, 0.3) is 21.9 Å². The third kappa shape index (κ3) is 9.45. The number of phenols is 2. The summed E-state index contributed by atoms with van der Waals surface area (Å²) in [6.07, 6.45) is 2.25. The zero-order chi connectivity index (χ0) is 35.6. The van der Waals surface area contributed by atoms with Gasteiger partial charge in [-0.3, -0.25) is 10.1 Å². The molecule has 6 N–H and O–H groups in total. The Morgan fingerprint density at radius 1 is 1.00 bits per heavy atom. The van der Waals surface area contributed by atoms with Gasteiger partial charge in [-0.2, -0.15) is 0 Å². The van der Waals surface area contributed by atoms with E-state index in [2.05, 4.69) is 10.6 Å². The Bertz CT molecular complexity index is 1770.